The summed E-state index contributed by atoms with van der Waals surface area (Å²) in [7, 11) is 0. The van der Waals surface area contributed by atoms with Gasteiger partial charge in [-0.05, 0) is 54.5 Å². The number of carbonyl (C=O) groups is 1. The third-order valence-electron chi connectivity index (χ3n) is 3.50. The largest absolute Gasteiger partial charge is 0.494 e. The van der Waals surface area contributed by atoms with Crippen molar-refractivity contribution >= 4 is 47.2 Å². The van der Waals surface area contributed by atoms with Crippen molar-refractivity contribution in [1.82, 2.24) is 0 Å². The van der Waals surface area contributed by atoms with Gasteiger partial charge < -0.3 is 9.47 Å². The summed E-state index contributed by atoms with van der Waals surface area (Å²) in [5.41, 5.74) is 1.81. The summed E-state index contributed by atoms with van der Waals surface area (Å²) < 4.78 is 10.5. The van der Waals surface area contributed by atoms with E-state index in [1.807, 2.05) is 31.2 Å². The number of hydrogen-bond donors (Lipinski definition) is 0. The minimum atomic E-state index is -0.499. The van der Waals surface area contributed by atoms with E-state index in [9.17, 15) is 4.79 Å². The lowest BCUT2D eigenvalue weighted by Gasteiger charge is -2.02. The molecule has 0 atom stereocenters. The highest BCUT2D eigenvalue weighted by molar-refractivity contribution is 6.35. The van der Waals surface area contributed by atoms with Crippen LogP contribution in [-0.4, -0.2) is 18.5 Å². The molecule has 0 saturated carbocycles. The second kappa shape index (κ2) is 8.21. The maximum absolute atomic E-state index is 12.0. The van der Waals surface area contributed by atoms with E-state index in [0.717, 1.165) is 16.9 Å². The first-order chi connectivity index (χ1) is 12.5. The van der Waals surface area contributed by atoms with E-state index in [2.05, 4.69) is 4.99 Å². The Morgan fingerprint density at radius 2 is 1.88 bits per heavy atom. The Bertz CT molecular complexity index is 915. The minimum Gasteiger partial charge on any atom is -0.494 e. The topological polar surface area (TPSA) is 47.9 Å². The zero-order valence-corrected chi connectivity index (χ0v) is 15.4. The first kappa shape index (κ1) is 18.2. The van der Waals surface area contributed by atoms with E-state index in [-0.39, 0.29) is 11.6 Å². The molecule has 0 bridgehead atoms. The molecule has 0 fully saturated rings. The Labute approximate surface area is 161 Å². The van der Waals surface area contributed by atoms with Crippen molar-refractivity contribution in [2.24, 2.45) is 4.99 Å². The van der Waals surface area contributed by atoms with E-state index < -0.39 is 5.97 Å². The molecule has 2 aromatic carbocycles. The van der Waals surface area contributed by atoms with Crippen molar-refractivity contribution in [3.63, 3.8) is 0 Å². The highest BCUT2D eigenvalue weighted by atomic mass is 35.5. The van der Waals surface area contributed by atoms with E-state index >= 15 is 0 Å². The predicted octanol–water partition coefficient (Wildman–Crippen LogP) is 5.40. The van der Waals surface area contributed by atoms with Crippen LogP contribution in [0.4, 0.5) is 0 Å². The van der Waals surface area contributed by atoms with Crippen LogP contribution in [0.3, 0.4) is 0 Å². The minimum absolute atomic E-state index is 0.207. The summed E-state index contributed by atoms with van der Waals surface area (Å²) in [6.07, 6.45) is 4.96. The molecule has 132 valence electrons. The van der Waals surface area contributed by atoms with Crippen LogP contribution in [0.15, 0.2) is 59.2 Å². The molecule has 1 aliphatic rings. The van der Waals surface area contributed by atoms with Gasteiger partial charge in [0.15, 0.2) is 5.70 Å². The summed E-state index contributed by atoms with van der Waals surface area (Å²) in [5, 5.41) is 1.06. The number of hydrogen-bond acceptors (Lipinski definition) is 4. The molecule has 26 heavy (non-hydrogen) atoms. The van der Waals surface area contributed by atoms with Gasteiger partial charge in [0, 0.05) is 16.1 Å². The SMILES string of the molecule is CCOc1ccc(C=C2N=C(C=Cc3ccc(Cl)cc3Cl)OC2=O)cc1. The Kier molecular flexibility index (Phi) is 5.76. The van der Waals surface area contributed by atoms with Crippen LogP contribution in [-0.2, 0) is 9.53 Å². The summed E-state index contributed by atoms with van der Waals surface area (Å²) in [5.74, 6) is 0.481. The fourth-order valence-electron chi connectivity index (χ4n) is 2.28. The van der Waals surface area contributed by atoms with Crippen LogP contribution in [0.1, 0.15) is 18.1 Å². The van der Waals surface area contributed by atoms with Crippen LogP contribution >= 0.6 is 23.2 Å². The Morgan fingerprint density at radius 1 is 1.12 bits per heavy atom. The van der Waals surface area contributed by atoms with Crippen molar-refractivity contribution in [2.75, 3.05) is 6.61 Å². The number of esters is 1. The van der Waals surface area contributed by atoms with Crippen molar-refractivity contribution < 1.29 is 14.3 Å². The van der Waals surface area contributed by atoms with Crippen LogP contribution in [0.2, 0.25) is 10.0 Å². The molecule has 2 aromatic rings. The molecule has 0 aromatic heterocycles. The first-order valence-electron chi connectivity index (χ1n) is 7.93. The monoisotopic (exact) mass is 387 g/mol. The zero-order valence-electron chi connectivity index (χ0n) is 13.9. The molecule has 1 aliphatic heterocycles. The highest BCUT2D eigenvalue weighted by Crippen LogP contribution is 2.23. The van der Waals surface area contributed by atoms with Crippen molar-refractivity contribution in [3.05, 3.63) is 75.4 Å². The number of carbonyl (C=O) groups excluding carboxylic acids is 1. The number of halogens is 2. The predicted molar refractivity (Wildman–Crippen MR) is 105 cm³/mol. The third-order valence-corrected chi connectivity index (χ3v) is 4.06. The fourth-order valence-corrected chi connectivity index (χ4v) is 2.75. The lowest BCUT2D eigenvalue weighted by atomic mass is 10.2. The van der Waals surface area contributed by atoms with Gasteiger partial charge in [-0.15, -0.1) is 0 Å². The van der Waals surface area contributed by atoms with Gasteiger partial charge in [0.25, 0.3) is 0 Å². The Morgan fingerprint density at radius 3 is 2.58 bits per heavy atom. The second-order valence-electron chi connectivity index (χ2n) is 5.37. The molecule has 3 rings (SSSR count). The van der Waals surface area contributed by atoms with Gasteiger partial charge in [-0.2, -0.15) is 0 Å². The molecular weight excluding hydrogens is 373 g/mol. The molecule has 0 unspecified atom stereocenters. The van der Waals surface area contributed by atoms with Crippen molar-refractivity contribution in [1.29, 1.82) is 0 Å². The van der Waals surface area contributed by atoms with Crippen molar-refractivity contribution in [3.8, 4) is 5.75 Å². The number of cyclic esters (lactones) is 1. The molecule has 0 saturated heterocycles. The number of ether oxygens (including phenoxy) is 2. The molecule has 6 heteroatoms. The normalized spacial score (nSPS) is 15.4. The number of nitrogens with zero attached hydrogens (tertiary/aromatic N) is 1. The maximum atomic E-state index is 12.0. The number of aliphatic imine (C=N–C) groups is 1. The molecule has 0 spiro atoms. The molecule has 0 radical (unpaired) electrons. The van der Waals surface area contributed by atoms with E-state index in [1.165, 1.54) is 0 Å². The van der Waals surface area contributed by atoms with E-state index in [4.69, 9.17) is 32.7 Å². The van der Waals surface area contributed by atoms with Gasteiger partial charge in [0.1, 0.15) is 5.75 Å². The smallest absolute Gasteiger partial charge is 0.363 e. The summed E-state index contributed by atoms with van der Waals surface area (Å²) in [4.78, 5) is 16.2. The fraction of sp³-hybridized carbons (Fsp3) is 0.100. The molecular formula is C20H15Cl2NO3. The zero-order chi connectivity index (χ0) is 18.5. The molecule has 0 amide bonds. The summed E-state index contributed by atoms with van der Waals surface area (Å²) in [6.45, 7) is 2.52. The first-order valence-corrected chi connectivity index (χ1v) is 8.69. The number of rotatable bonds is 5. The molecule has 0 aliphatic carbocycles. The van der Waals surface area contributed by atoms with E-state index in [0.29, 0.717) is 16.7 Å². The molecule has 1 heterocycles. The quantitative estimate of drug-likeness (QED) is 0.509. The van der Waals surface area contributed by atoms with Gasteiger partial charge >= 0.3 is 5.97 Å². The third kappa shape index (κ3) is 4.54. The lowest BCUT2D eigenvalue weighted by molar-refractivity contribution is -0.129. The standard InChI is InChI=1S/C20H15Cl2NO3/c1-2-25-16-8-3-13(4-9-16)11-18-20(24)26-19(23-18)10-6-14-5-7-15(21)12-17(14)22/h3-12H,2H2,1H3. The Hall–Kier alpha value is -2.56. The molecule has 0 N–H and O–H groups in total. The van der Waals surface area contributed by atoms with Crippen LogP contribution in [0.5, 0.6) is 5.75 Å². The maximum Gasteiger partial charge on any atom is 0.363 e. The van der Waals surface area contributed by atoms with Gasteiger partial charge in [0.05, 0.1) is 6.61 Å². The summed E-state index contributed by atoms with van der Waals surface area (Å²) >= 11 is 12.0. The highest BCUT2D eigenvalue weighted by Gasteiger charge is 2.21. The average Bonchev–Trinajstić information content (AvgIpc) is 2.96. The van der Waals surface area contributed by atoms with E-state index in [1.54, 1.807) is 36.4 Å². The van der Waals surface area contributed by atoms with Gasteiger partial charge in [-0.1, -0.05) is 41.4 Å². The van der Waals surface area contributed by atoms with Gasteiger partial charge in [-0.25, -0.2) is 9.79 Å². The Balaban J connectivity index is 1.76. The van der Waals surface area contributed by atoms with Crippen LogP contribution in [0.25, 0.3) is 12.2 Å². The van der Waals surface area contributed by atoms with Crippen molar-refractivity contribution in [2.45, 2.75) is 6.92 Å². The number of benzene rings is 2. The van der Waals surface area contributed by atoms with Crippen LogP contribution < -0.4 is 4.74 Å². The lowest BCUT2D eigenvalue weighted by Crippen LogP contribution is -2.01. The summed E-state index contributed by atoms with van der Waals surface area (Å²) in [6, 6.07) is 12.5. The molecule has 4 nitrogen and oxygen atoms in total. The average molecular weight is 388 g/mol. The second-order valence-corrected chi connectivity index (χ2v) is 6.21. The van der Waals surface area contributed by atoms with Gasteiger partial charge in [-0.3, -0.25) is 0 Å². The van der Waals surface area contributed by atoms with Gasteiger partial charge in [0.2, 0.25) is 5.90 Å². The van der Waals surface area contributed by atoms with Crippen LogP contribution in [0, 0.1) is 0 Å².